The minimum Gasteiger partial charge on any atom is -0.357 e. The van der Waals surface area contributed by atoms with Crippen LogP contribution in [0.2, 0.25) is 0 Å². The van der Waals surface area contributed by atoms with E-state index in [-0.39, 0.29) is 24.0 Å². The first-order valence-electron chi connectivity index (χ1n) is 9.57. The first-order chi connectivity index (χ1) is 13.6. The highest BCUT2D eigenvalue weighted by Gasteiger charge is 2.07. The van der Waals surface area contributed by atoms with Crippen LogP contribution in [0.15, 0.2) is 60.0 Å². The molecular weight excluding hydrogens is 475 g/mol. The summed E-state index contributed by atoms with van der Waals surface area (Å²) in [5, 5.41) is 3.37. The van der Waals surface area contributed by atoms with Crippen LogP contribution >= 0.6 is 24.0 Å². The number of imidazole rings is 1. The van der Waals surface area contributed by atoms with Crippen LogP contribution in [0.4, 0.5) is 0 Å². The quantitative estimate of drug-likeness (QED) is 0.312. The monoisotopic (exact) mass is 504 g/mol. The van der Waals surface area contributed by atoms with Crippen molar-refractivity contribution >= 4 is 29.9 Å². The molecule has 29 heavy (non-hydrogen) atoms. The van der Waals surface area contributed by atoms with Gasteiger partial charge in [0.2, 0.25) is 0 Å². The molecular formula is C22H29IN6. The van der Waals surface area contributed by atoms with Crippen LogP contribution in [0.5, 0.6) is 0 Å². The molecule has 0 unspecified atom stereocenters. The summed E-state index contributed by atoms with van der Waals surface area (Å²) in [4.78, 5) is 15.7. The van der Waals surface area contributed by atoms with E-state index in [0.29, 0.717) is 6.54 Å². The zero-order valence-corrected chi connectivity index (χ0v) is 19.8. The van der Waals surface area contributed by atoms with Crippen molar-refractivity contribution in [2.24, 2.45) is 4.99 Å². The molecule has 0 bridgehead atoms. The number of benzene rings is 1. The Morgan fingerprint density at radius 2 is 1.79 bits per heavy atom. The van der Waals surface area contributed by atoms with Gasteiger partial charge >= 0.3 is 0 Å². The Bertz CT molecular complexity index is 915. The second-order valence-electron chi connectivity index (χ2n) is 6.88. The van der Waals surface area contributed by atoms with Crippen molar-refractivity contribution in [2.45, 2.75) is 33.9 Å². The maximum Gasteiger partial charge on any atom is 0.194 e. The number of rotatable bonds is 6. The van der Waals surface area contributed by atoms with Gasteiger partial charge in [0.15, 0.2) is 5.96 Å². The van der Waals surface area contributed by atoms with Crippen LogP contribution in [0.25, 0.3) is 5.82 Å². The molecule has 0 aliphatic rings. The van der Waals surface area contributed by atoms with Crippen molar-refractivity contribution in [2.75, 3.05) is 13.6 Å². The normalized spacial score (nSPS) is 11.1. The molecule has 7 heteroatoms. The van der Waals surface area contributed by atoms with E-state index in [9.17, 15) is 0 Å². The zero-order valence-electron chi connectivity index (χ0n) is 17.5. The molecule has 3 rings (SSSR count). The summed E-state index contributed by atoms with van der Waals surface area (Å²) in [6.45, 7) is 8.37. The Morgan fingerprint density at radius 3 is 2.38 bits per heavy atom. The Labute approximate surface area is 190 Å². The molecule has 6 nitrogen and oxygen atoms in total. The molecule has 0 amide bonds. The van der Waals surface area contributed by atoms with Gasteiger partial charge < -0.3 is 10.2 Å². The lowest BCUT2D eigenvalue weighted by atomic mass is 10.1. The Balaban J connectivity index is 0.00000300. The molecule has 2 aromatic heterocycles. The maximum absolute atomic E-state index is 4.78. The molecule has 2 heterocycles. The maximum atomic E-state index is 4.78. The van der Waals surface area contributed by atoms with Crippen molar-refractivity contribution in [3.63, 3.8) is 0 Å². The van der Waals surface area contributed by atoms with E-state index in [1.54, 1.807) is 6.20 Å². The van der Waals surface area contributed by atoms with Gasteiger partial charge in [0.1, 0.15) is 11.6 Å². The minimum atomic E-state index is 0. The topological polar surface area (TPSA) is 58.3 Å². The van der Waals surface area contributed by atoms with E-state index < -0.39 is 0 Å². The number of aromatic nitrogens is 3. The van der Waals surface area contributed by atoms with E-state index >= 15 is 0 Å². The third-order valence-electron chi connectivity index (χ3n) is 4.53. The molecule has 154 valence electrons. The fourth-order valence-electron chi connectivity index (χ4n) is 2.95. The fraction of sp³-hybridized carbons (Fsp3) is 0.318. The van der Waals surface area contributed by atoms with Gasteiger partial charge in [0.25, 0.3) is 0 Å². The predicted molar refractivity (Wildman–Crippen MR) is 129 cm³/mol. The first-order valence-corrected chi connectivity index (χ1v) is 9.57. The van der Waals surface area contributed by atoms with Crippen LogP contribution in [-0.2, 0) is 13.1 Å². The molecule has 0 atom stereocenters. The Kier molecular flexibility index (Phi) is 8.63. The second-order valence-corrected chi connectivity index (χ2v) is 6.88. The van der Waals surface area contributed by atoms with E-state index in [0.717, 1.165) is 36.3 Å². The number of aryl methyl sites for hydroxylation is 2. The van der Waals surface area contributed by atoms with Crippen molar-refractivity contribution in [3.05, 3.63) is 77.5 Å². The van der Waals surface area contributed by atoms with Gasteiger partial charge in [0, 0.05) is 38.7 Å². The van der Waals surface area contributed by atoms with Gasteiger partial charge in [0.05, 0.1) is 6.54 Å². The second kappa shape index (κ2) is 10.9. The lowest BCUT2D eigenvalue weighted by Crippen LogP contribution is -2.38. The van der Waals surface area contributed by atoms with Crippen LogP contribution in [-0.4, -0.2) is 39.0 Å². The van der Waals surface area contributed by atoms with E-state index in [4.69, 9.17) is 4.99 Å². The third-order valence-corrected chi connectivity index (χ3v) is 4.53. The highest BCUT2D eigenvalue weighted by atomic mass is 127. The number of guanidine groups is 1. The zero-order chi connectivity index (χ0) is 19.9. The van der Waals surface area contributed by atoms with Crippen LogP contribution in [0, 0.1) is 13.8 Å². The summed E-state index contributed by atoms with van der Waals surface area (Å²) in [6.07, 6.45) is 5.57. The number of halogens is 1. The summed E-state index contributed by atoms with van der Waals surface area (Å²) < 4.78 is 1.96. The first kappa shape index (κ1) is 22.9. The third kappa shape index (κ3) is 6.28. The minimum absolute atomic E-state index is 0. The van der Waals surface area contributed by atoms with Gasteiger partial charge in [-0.2, -0.15) is 0 Å². The molecule has 0 fully saturated rings. The van der Waals surface area contributed by atoms with Crippen LogP contribution < -0.4 is 5.32 Å². The van der Waals surface area contributed by atoms with E-state index in [1.807, 2.05) is 30.0 Å². The SMILES string of the molecule is CCNC(=NCc1ccc(-n2ccnc2C)nc1)N(C)Cc1ccc(C)cc1.I. The highest BCUT2D eigenvalue weighted by Crippen LogP contribution is 2.10. The molecule has 0 saturated heterocycles. The Hall–Kier alpha value is -2.42. The molecule has 0 radical (unpaired) electrons. The average Bonchev–Trinajstić information content (AvgIpc) is 3.13. The molecule has 0 saturated carbocycles. The summed E-state index contributed by atoms with van der Waals surface area (Å²) in [7, 11) is 2.06. The van der Waals surface area contributed by atoms with Crippen LogP contribution in [0.3, 0.4) is 0 Å². The molecule has 3 aromatic rings. The molecule has 0 spiro atoms. The summed E-state index contributed by atoms with van der Waals surface area (Å²) in [6, 6.07) is 12.7. The van der Waals surface area contributed by atoms with Gasteiger partial charge in [-0.15, -0.1) is 24.0 Å². The number of nitrogens with one attached hydrogen (secondary N) is 1. The van der Waals surface area contributed by atoms with Gasteiger partial charge in [-0.3, -0.25) is 4.57 Å². The summed E-state index contributed by atoms with van der Waals surface area (Å²) in [5.74, 6) is 2.68. The van der Waals surface area contributed by atoms with E-state index in [1.165, 1.54) is 11.1 Å². The number of hydrogen-bond donors (Lipinski definition) is 1. The van der Waals surface area contributed by atoms with Gasteiger partial charge in [-0.05, 0) is 38.0 Å². The number of nitrogens with zero attached hydrogens (tertiary/aromatic N) is 5. The van der Waals surface area contributed by atoms with Crippen molar-refractivity contribution in [3.8, 4) is 5.82 Å². The lowest BCUT2D eigenvalue weighted by molar-refractivity contribution is 0.476. The predicted octanol–water partition coefficient (Wildman–Crippen LogP) is 4.10. The van der Waals surface area contributed by atoms with Gasteiger partial charge in [-0.1, -0.05) is 35.9 Å². The molecule has 1 N–H and O–H groups in total. The summed E-state index contributed by atoms with van der Waals surface area (Å²) >= 11 is 0. The largest absolute Gasteiger partial charge is 0.357 e. The summed E-state index contributed by atoms with van der Waals surface area (Å²) in [5.41, 5.74) is 3.61. The molecule has 0 aliphatic heterocycles. The highest BCUT2D eigenvalue weighted by molar-refractivity contribution is 14.0. The Morgan fingerprint density at radius 1 is 1.07 bits per heavy atom. The van der Waals surface area contributed by atoms with E-state index in [2.05, 4.69) is 71.4 Å². The molecule has 1 aromatic carbocycles. The fourth-order valence-corrected chi connectivity index (χ4v) is 2.95. The number of hydrogen-bond acceptors (Lipinski definition) is 3. The number of pyridine rings is 1. The smallest absolute Gasteiger partial charge is 0.194 e. The van der Waals surface area contributed by atoms with Gasteiger partial charge in [-0.25, -0.2) is 15.0 Å². The standard InChI is InChI=1S/C22H28N6.HI/c1-5-23-22(27(4)16-19-8-6-17(2)7-9-19)26-15-20-10-11-21(25-14-20)28-13-12-24-18(28)3;/h6-14H,5,15-16H2,1-4H3,(H,23,26);1H. The average molecular weight is 504 g/mol. The molecule has 0 aliphatic carbocycles. The number of aliphatic imine (C=N–C) groups is 1. The van der Waals surface area contributed by atoms with Crippen molar-refractivity contribution in [1.82, 2.24) is 24.8 Å². The lowest BCUT2D eigenvalue weighted by Gasteiger charge is -2.22. The van der Waals surface area contributed by atoms with Crippen LogP contribution in [0.1, 0.15) is 29.4 Å². The van der Waals surface area contributed by atoms with Crippen molar-refractivity contribution < 1.29 is 0 Å². The van der Waals surface area contributed by atoms with Crippen molar-refractivity contribution in [1.29, 1.82) is 0 Å².